The lowest BCUT2D eigenvalue weighted by Crippen LogP contribution is -2.21. The minimum atomic E-state index is -0.745. The highest BCUT2D eigenvalue weighted by Gasteiger charge is 2.41. The van der Waals surface area contributed by atoms with Crippen LogP contribution in [-0.4, -0.2) is 31.2 Å². The van der Waals surface area contributed by atoms with Gasteiger partial charge in [0.1, 0.15) is 6.10 Å². The van der Waals surface area contributed by atoms with Crippen LogP contribution >= 0.6 is 11.6 Å². The lowest BCUT2D eigenvalue weighted by Gasteiger charge is -2.23. The van der Waals surface area contributed by atoms with Crippen LogP contribution in [0, 0.1) is 18.8 Å². The van der Waals surface area contributed by atoms with E-state index in [4.69, 9.17) is 16.3 Å². The van der Waals surface area contributed by atoms with Gasteiger partial charge in [0.2, 0.25) is 0 Å². The lowest BCUT2D eigenvalue weighted by atomic mass is 9.89. The zero-order valence-corrected chi connectivity index (χ0v) is 17.1. The van der Waals surface area contributed by atoms with E-state index >= 15 is 0 Å². The third-order valence-electron chi connectivity index (χ3n) is 5.31. The fourth-order valence-corrected chi connectivity index (χ4v) is 4.53. The Morgan fingerprint density at radius 2 is 1.79 bits per heavy atom. The fraction of sp³-hybridized carbons (Fsp3) is 0.455. The molecule has 0 aliphatic heterocycles. The highest BCUT2D eigenvalue weighted by atomic mass is 35.5. The van der Waals surface area contributed by atoms with Crippen LogP contribution in [0.4, 0.5) is 4.79 Å². The van der Waals surface area contributed by atoms with Gasteiger partial charge in [0.25, 0.3) is 6.47 Å². The Labute approximate surface area is 171 Å². The molecule has 3 unspecified atom stereocenters. The van der Waals surface area contributed by atoms with E-state index in [2.05, 4.69) is 59.9 Å². The van der Waals surface area contributed by atoms with Crippen LogP contribution in [0.2, 0.25) is 0 Å². The Morgan fingerprint density at radius 1 is 1.11 bits per heavy atom. The van der Waals surface area contributed by atoms with Gasteiger partial charge >= 0.3 is 6.09 Å². The van der Waals surface area contributed by atoms with Crippen molar-refractivity contribution >= 4 is 34.9 Å². The quantitative estimate of drug-likeness (QED) is 0.574. The van der Waals surface area contributed by atoms with Crippen LogP contribution in [0.3, 0.4) is 0 Å². The summed E-state index contributed by atoms with van der Waals surface area (Å²) < 4.78 is 8.91. The highest BCUT2D eigenvalue weighted by Crippen LogP contribution is 2.44. The maximum atomic E-state index is 10.2. The summed E-state index contributed by atoms with van der Waals surface area (Å²) >= 11 is 6.07. The molecule has 0 heterocycles. The van der Waals surface area contributed by atoms with Crippen molar-refractivity contribution in [3.8, 4) is 0 Å². The smallest absolute Gasteiger partial charge is 0.404 e. The summed E-state index contributed by atoms with van der Waals surface area (Å²) in [6, 6.07) is 14.8. The topological polar surface area (TPSA) is 78.6 Å². The molecule has 2 aliphatic carbocycles. The van der Waals surface area contributed by atoms with Crippen molar-refractivity contribution in [1.82, 2.24) is 0 Å². The normalized spacial score (nSPS) is 24.8. The number of hydrogen-bond acceptors (Lipinski definition) is 4. The Hall–Kier alpha value is -2.27. The van der Waals surface area contributed by atoms with Crippen molar-refractivity contribution in [3.05, 3.63) is 48.0 Å². The van der Waals surface area contributed by atoms with Crippen molar-refractivity contribution in [2.75, 3.05) is 7.11 Å². The molecule has 2 bridgehead atoms. The number of methoxy groups -OCH3 is 1. The van der Waals surface area contributed by atoms with Gasteiger partial charge in [0.15, 0.2) is 0 Å². The van der Waals surface area contributed by atoms with Crippen LogP contribution in [-0.2, 0) is 14.3 Å². The first-order valence-electron chi connectivity index (χ1n) is 9.45. The molecule has 0 spiro atoms. The lowest BCUT2D eigenvalue weighted by molar-refractivity contribution is -0.135. The molecule has 0 aromatic heterocycles. The molecule has 2 aliphatic rings. The largest absolute Gasteiger partial charge is 0.464 e. The van der Waals surface area contributed by atoms with Crippen molar-refractivity contribution in [2.24, 2.45) is 17.6 Å². The van der Waals surface area contributed by atoms with E-state index in [1.165, 1.54) is 29.9 Å². The van der Waals surface area contributed by atoms with E-state index < -0.39 is 6.09 Å². The summed E-state index contributed by atoms with van der Waals surface area (Å²) in [6.45, 7) is 2.72. The number of primary amides is 1. The van der Waals surface area contributed by atoms with E-state index in [1.54, 1.807) is 0 Å². The van der Waals surface area contributed by atoms with Crippen LogP contribution in [0.1, 0.15) is 31.2 Å². The first-order valence-corrected chi connectivity index (χ1v) is 9.89. The van der Waals surface area contributed by atoms with Crippen LogP contribution in [0.25, 0.3) is 10.8 Å². The van der Waals surface area contributed by atoms with Crippen molar-refractivity contribution in [3.63, 3.8) is 0 Å². The Bertz CT molecular complexity index is 777. The molecular weight excluding hydrogens is 378 g/mol. The SMILES string of the molecule is COC(N)=O.Cc1cccc2ccccc12.O=CO[C@@H]1CC2CC(Cl)CC1C2. The van der Waals surface area contributed by atoms with Crippen molar-refractivity contribution in [2.45, 2.75) is 44.1 Å². The maximum Gasteiger partial charge on any atom is 0.404 e. The first kappa shape index (κ1) is 22.0. The van der Waals surface area contributed by atoms with Crippen LogP contribution < -0.4 is 5.73 Å². The molecule has 6 heteroatoms. The summed E-state index contributed by atoms with van der Waals surface area (Å²) in [7, 11) is 1.22. The number of carbonyl (C=O) groups excluding carboxylic acids is 2. The number of aryl methyl sites for hydroxylation is 1. The van der Waals surface area contributed by atoms with Gasteiger partial charge in [0.05, 0.1) is 7.11 Å². The van der Waals surface area contributed by atoms with Crippen molar-refractivity contribution < 1.29 is 19.1 Å². The number of halogens is 1. The summed E-state index contributed by atoms with van der Waals surface area (Å²) in [5.74, 6) is 1.24. The third-order valence-corrected chi connectivity index (χ3v) is 5.67. The number of fused-ring (bicyclic) bond motifs is 3. The molecule has 0 saturated heterocycles. The third kappa shape index (κ3) is 6.41. The van der Waals surface area contributed by atoms with E-state index in [1.807, 2.05) is 0 Å². The van der Waals surface area contributed by atoms with E-state index in [-0.39, 0.29) is 6.10 Å². The number of benzene rings is 2. The van der Waals surface area contributed by atoms with Gasteiger partial charge in [0, 0.05) is 5.38 Å². The average Bonchev–Trinajstić information content (AvgIpc) is 2.97. The van der Waals surface area contributed by atoms with Gasteiger partial charge in [-0.3, -0.25) is 4.79 Å². The molecule has 2 aromatic carbocycles. The van der Waals surface area contributed by atoms with Crippen LogP contribution in [0.15, 0.2) is 42.5 Å². The minimum absolute atomic E-state index is 0.163. The molecule has 152 valence electrons. The number of amides is 1. The predicted octanol–water partition coefficient (Wildman–Crippen LogP) is 4.82. The Morgan fingerprint density at radius 3 is 2.43 bits per heavy atom. The summed E-state index contributed by atoms with van der Waals surface area (Å²) in [4.78, 5) is 19.5. The average molecular weight is 406 g/mol. The number of rotatable bonds is 2. The van der Waals surface area contributed by atoms with Gasteiger partial charge in [-0.25, -0.2) is 4.79 Å². The van der Waals surface area contributed by atoms with E-state index in [0.29, 0.717) is 23.7 Å². The molecule has 4 rings (SSSR count). The molecule has 5 nitrogen and oxygen atoms in total. The van der Waals surface area contributed by atoms with Gasteiger partial charge in [-0.2, -0.15) is 0 Å². The van der Waals surface area contributed by atoms with E-state index in [0.717, 1.165) is 19.3 Å². The molecule has 2 fully saturated rings. The molecule has 1 amide bonds. The Kier molecular flexibility index (Phi) is 8.58. The summed E-state index contributed by atoms with van der Waals surface area (Å²) in [5, 5.41) is 3.00. The number of hydrogen-bond donors (Lipinski definition) is 1. The monoisotopic (exact) mass is 405 g/mol. The number of carbonyl (C=O) groups is 2. The Balaban J connectivity index is 0.000000164. The molecule has 2 N–H and O–H groups in total. The molecular formula is C22H28ClNO4. The summed E-state index contributed by atoms with van der Waals surface area (Å²) in [6.07, 6.45) is 3.79. The van der Waals surface area contributed by atoms with Crippen LogP contribution in [0.5, 0.6) is 0 Å². The van der Waals surface area contributed by atoms with Gasteiger partial charge in [-0.1, -0.05) is 42.5 Å². The van der Waals surface area contributed by atoms with Gasteiger partial charge in [-0.05, 0) is 60.8 Å². The highest BCUT2D eigenvalue weighted by molar-refractivity contribution is 6.20. The number of alkyl halides is 1. The zero-order chi connectivity index (χ0) is 20.5. The van der Waals surface area contributed by atoms with Crippen molar-refractivity contribution in [1.29, 1.82) is 0 Å². The molecule has 0 radical (unpaired) electrons. The molecule has 4 atom stereocenters. The number of nitrogens with two attached hydrogens (primary N) is 1. The number of ether oxygens (including phenoxy) is 2. The van der Waals surface area contributed by atoms with E-state index in [9.17, 15) is 9.59 Å². The standard InChI is InChI=1S/C11H10.C9H13ClO2.C2H5NO2/c1-9-5-4-7-10-6-2-3-8-11(9)10;10-8-2-6-1-7(4-8)9(3-6)12-5-11;1-5-2(3)4/h2-8H,1H3;5-9H,1-4H2;1H3,(H2,3,4)/t;6?,7?,8?,9-;/m.1./s1. The molecule has 28 heavy (non-hydrogen) atoms. The van der Waals surface area contributed by atoms with Gasteiger partial charge < -0.3 is 15.2 Å². The summed E-state index contributed by atoms with van der Waals surface area (Å²) in [5.41, 5.74) is 5.78. The second-order valence-electron chi connectivity index (χ2n) is 7.26. The first-order chi connectivity index (χ1) is 13.4. The fourth-order valence-electron chi connectivity index (χ4n) is 4.05. The van der Waals surface area contributed by atoms with Gasteiger partial charge in [-0.15, -0.1) is 11.6 Å². The predicted molar refractivity (Wildman–Crippen MR) is 111 cm³/mol. The maximum absolute atomic E-state index is 10.2. The molecule has 2 aromatic rings. The second kappa shape index (κ2) is 10.9. The second-order valence-corrected chi connectivity index (χ2v) is 7.87. The minimum Gasteiger partial charge on any atom is -0.464 e. The zero-order valence-electron chi connectivity index (χ0n) is 16.3. The molecule has 2 saturated carbocycles.